The second-order valence-electron chi connectivity index (χ2n) is 6.97. The van der Waals surface area contributed by atoms with E-state index in [4.69, 9.17) is 9.47 Å². The lowest BCUT2D eigenvalue weighted by Crippen LogP contribution is -2.50. The van der Waals surface area contributed by atoms with Crippen LogP contribution in [0.3, 0.4) is 0 Å². The van der Waals surface area contributed by atoms with Crippen LogP contribution in [0, 0.1) is 23.7 Å². The first-order chi connectivity index (χ1) is 12.0. The molecule has 2 atom stereocenters. The fraction of sp³-hybridized carbons (Fsp3) is 0.579. The highest BCUT2D eigenvalue weighted by atomic mass is 16.5. The number of benzene rings is 1. The van der Waals surface area contributed by atoms with Crippen LogP contribution < -0.4 is 14.8 Å². The maximum absolute atomic E-state index is 12.7. The van der Waals surface area contributed by atoms with E-state index in [0.29, 0.717) is 18.0 Å². The SMILES string of the molecule is COc1ccc(CNC(=O)[C@@H]2C3CCC(CC3)[C@@H]2C(=O)O)cc1OC. The van der Waals surface area contributed by atoms with E-state index < -0.39 is 17.8 Å². The lowest BCUT2D eigenvalue weighted by molar-refractivity contribution is -0.158. The zero-order valence-corrected chi connectivity index (χ0v) is 14.7. The number of aliphatic carboxylic acids is 1. The molecule has 4 rings (SSSR count). The van der Waals surface area contributed by atoms with Crippen LogP contribution in [-0.2, 0) is 16.1 Å². The van der Waals surface area contributed by atoms with Gasteiger partial charge in [-0.2, -0.15) is 0 Å². The van der Waals surface area contributed by atoms with Crippen LogP contribution in [0.5, 0.6) is 11.5 Å². The minimum Gasteiger partial charge on any atom is -0.493 e. The number of carboxylic acids is 1. The van der Waals surface area contributed by atoms with E-state index >= 15 is 0 Å². The van der Waals surface area contributed by atoms with Crippen molar-refractivity contribution >= 4 is 11.9 Å². The molecule has 2 bridgehead atoms. The topological polar surface area (TPSA) is 84.9 Å². The first kappa shape index (κ1) is 17.6. The molecule has 3 fully saturated rings. The van der Waals surface area contributed by atoms with Gasteiger partial charge in [0.05, 0.1) is 26.1 Å². The summed E-state index contributed by atoms with van der Waals surface area (Å²) in [7, 11) is 3.14. The van der Waals surface area contributed by atoms with Gasteiger partial charge in [0.1, 0.15) is 0 Å². The van der Waals surface area contributed by atoms with Crippen molar-refractivity contribution in [2.24, 2.45) is 23.7 Å². The third-order valence-corrected chi connectivity index (χ3v) is 5.72. The molecule has 1 aromatic rings. The van der Waals surface area contributed by atoms with Crippen molar-refractivity contribution in [1.29, 1.82) is 0 Å². The fourth-order valence-electron chi connectivity index (χ4n) is 4.48. The van der Waals surface area contributed by atoms with E-state index in [9.17, 15) is 14.7 Å². The van der Waals surface area contributed by atoms with Crippen molar-refractivity contribution in [1.82, 2.24) is 5.32 Å². The molecule has 0 heterocycles. The van der Waals surface area contributed by atoms with Gasteiger partial charge in [0, 0.05) is 6.54 Å². The maximum Gasteiger partial charge on any atom is 0.307 e. The maximum atomic E-state index is 12.7. The van der Waals surface area contributed by atoms with Crippen molar-refractivity contribution in [2.75, 3.05) is 14.2 Å². The highest BCUT2D eigenvalue weighted by Crippen LogP contribution is 2.49. The molecule has 0 aliphatic heterocycles. The predicted octanol–water partition coefficient (Wildman–Crippen LogP) is 2.46. The molecule has 1 aromatic carbocycles. The Kier molecular flexibility index (Phi) is 5.16. The van der Waals surface area contributed by atoms with Gasteiger partial charge in [-0.05, 0) is 55.2 Å². The summed E-state index contributed by atoms with van der Waals surface area (Å²) in [5, 5.41) is 12.5. The number of carbonyl (C=O) groups is 2. The average Bonchev–Trinajstić information content (AvgIpc) is 2.65. The van der Waals surface area contributed by atoms with Crippen LogP contribution >= 0.6 is 0 Å². The zero-order valence-electron chi connectivity index (χ0n) is 14.7. The van der Waals surface area contributed by atoms with E-state index in [-0.39, 0.29) is 17.7 Å². The van der Waals surface area contributed by atoms with Gasteiger partial charge in [-0.1, -0.05) is 6.07 Å². The number of hydrogen-bond acceptors (Lipinski definition) is 4. The Morgan fingerprint density at radius 2 is 1.64 bits per heavy atom. The van der Waals surface area contributed by atoms with Crippen LogP contribution in [0.1, 0.15) is 31.2 Å². The molecule has 136 valence electrons. The highest BCUT2D eigenvalue weighted by Gasteiger charge is 2.50. The molecule has 3 aliphatic carbocycles. The lowest BCUT2D eigenvalue weighted by atomic mass is 9.58. The van der Waals surface area contributed by atoms with E-state index in [0.717, 1.165) is 31.2 Å². The highest BCUT2D eigenvalue weighted by molar-refractivity contribution is 5.85. The van der Waals surface area contributed by atoms with Crippen LogP contribution in [0.2, 0.25) is 0 Å². The molecule has 6 heteroatoms. The summed E-state index contributed by atoms with van der Waals surface area (Å²) < 4.78 is 10.5. The molecule has 25 heavy (non-hydrogen) atoms. The second kappa shape index (κ2) is 7.33. The molecular weight excluding hydrogens is 322 g/mol. The van der Waals surface area contributed by atoms with Crippen molar-refractivity contribution in [3.05, 3.63) is 23.8 Å². The molecule has 0 radical (unpaired) electrons. The van der Waals surface area contributed by atoms with Crippen molar-refractivity contribution in [3.8, 4) is 11.5 Å². The summed E-state index contributed by atoms with van der Waals surface area (Å²) >= 11 is 0. The average molecular weight is 347 g/mol. The van der Waals surface area contributed by atoms with Gasteiger partial charge in [0.2, 0.25) is 5.91 Å². The summed E-state index contributed by atoms with van der Waals surface area (Å²) in [5.74, 6) is -0.362. The summed E-state index contributed by atoms with van der Waals surface area (Å²) in [5.41, 5.74) is 0.888. The number of carbonyl (C=O) groups excluding carboxylic acids is 1. The van der Waals surface area contributed by atoms with Crippen LogP contribution in [0.15, 0.2) is 18.2 Å². The Morgan fingerprint density at radius 1 is 1.04 bits per heavy atom. The number of carboxylic acid groups (broad SMARTS) is 1. The van der Waals surface area contributed by atoms with Gasteiger partial charge in [-0.25, -0.2) is 0 Å². The third-order valence-electron chi connectivity index (χ3n) is 5.72. The van der Waals surface area contributed by atoms with Crippen molar-refractivity contribution in [3.63, 3.8) is 0 Å². The molecule has 0 unspecified atom stereocenters. The number of amides is 1. The number of hydrogen-bond donors (Lipinski definition) is 2. The Labute approximate surface area is 147 Å². The minimum absolute atomic E-state index is 0.138. The normalized spacial score (nSPS) is 27.6. The van der Waals surface area contributed by atoms with E-state index in [1.807, 2.05) is 12.1 Å². The van der Waals surface area contributed by atoms with Crippen LogP contribution in [-0.4, -0.2) is 31.2 Å². The first-order valence-electron chi connectivity index (χ1n) is 8.76. The second-order valence-corrected chi connectivity index (χ2v) is 6.97. The molecule has 2 N–H and O–H groups in total. The summed E-state index contributed by atoms with van der Waals surface area (Å²) in [6.45, 7) is 0.347. The van der Waals surface area contributed by atoms with Gasteiger partial charge in [-0.15, -0.1) is 0 Å². The third kappa shape index (κ3) is 3.43. The van der Waals surface area contributed by atoms with Gasteiger partial charge in [-0.3, -0.25) is 9.59 Å². The van der Waals surface area contributed by atoms with Gasteiger partial charge in [0.15, 0.2) is 11.5 Å². The number of ether oxygens (including phenoxy) is 2. The number of methoxy groups -OCH3 is 2. The number of rotatable bonds is 6. The smallest absolute Gasteiger partial charge is 0.307 e. The molecule has 0 saturated heterocycles. The molecule has 1 amide bonds. The Balaban J connectivity index is 1.68. The largest absolute Gasteiger partial charge is 0.493 e. The first-order valence-corrected chi connectivity index (χ1v) is 8.76. The number of fused-ring (bicyclic) bond motifs is 3. The Morgan fingerprint density at radius 3 is 2.20 bits per heavy atom. The molecule has 6 nitrogen and oxygen atoms in total. The predicted molar refractivity (Wildman–Crippen MR) is 91.5 cm³/mol. The van der Waals surface area contributed by atoms with E-state index in [1.165, 1.54) is 0 Å². The zero-order chi connectivity index (χ0) is 18.0. The van der Waals surface area contributed by atoms with Crippen molar-refractivity contribution in [2.45, 2.75) is 32.2 Å². The molecule has 3 aliphatic rings. The Bertz CT molecular complexity index is 651. The standard InChI is InChI=1S/C19H25NO5/c1-24-14-8-3-11(9-15(14)25-2)10-20-18(21)16-12-4-6-13(7-5-12)17(16)19(22)23/h3,8-9,12-13,16-17H,4-7,10H2,1-2H3,(H,20,21)(H,22,23)/t12?,13?,16-,17+/m1/s1. The van der Waals surface area contributed by atoms with Crippen LogP contribution in [0.25, 0.3) is 0 Å². The Hall–Kier alpha value is -2.24. The fourth-order valence-corrected chi connectivity index (χ4v) is 4.48. The molecular formula is C19H25NO5. The summed E-state index contributed by atoms with van der Waals surface area (Å²) in [6, 6.07) is 5.48. The van der Waals surface area contributed by atoms with E-state index in [1.54, 1.807) is 20.3 Å². The van der Waals surface area contributed by atoms with E-state index in [2.05, 4.69) is 5.32 Å². The van der Waals surface area contributed by atoms with Crippen molar-refractivity contribution < 1.29 is 24.2 Å². The summed E-state index contributed by atoms with van der Waals surface area (Å²) in [4.78, 5) is 24.4. The molecule has 0 spiro atoms. The van der Waals surface area contributed by atoms with Gasteiger partial charge < -0.3 is 19.9 Å². The molecule has 0 aromatic heterocycles. The van der Waals surface area contributed by atoms with Gasteiger partial charge >= 0.3 is 5.97 Å². The quantitative estimate of drug-likeness (QED) is 0.826. The van der Waals surface area contributed by atoms with Crippen LogP contribution in [0.4, 0.5) is 0 Å². The lowest BCUT2D eigenvalue weighted by Gasteiger charge is -2.45. The molecule has 3 saturated carbocycles. The monoisotopic (exact) mass is 347 g/mol. The van der Waals surface area contributed by atoms with Gasteiger partial charge in [0.25, 0.3) is 0 Å². The summed E-state index contributed by atoms with van der Waals surface area (Å²) in [6.07, 6.45) is 3.79. The number of nitrogens with one attached hydrogen (secondary N) is 1. The minimum atomic E-state index is -0.833.